The highest BCUT2D eigenvalue weighted by Gasteiger charge is 2.24. The Morgan fingerprint density at radius 1 is 1.21 bits per heavy atom. The zero-order valence-electron chi connectivity index (χ0n) is 17.2. The van der Waals surface area contributed by atoms with E-state index in [-0.39, 0.29) is 5.91 Å². The first kappa shape index (κ1) is 21.3. The number of hydrogen-bond donors (Lipinski definition) is 3. The Hall–Kier alpha value is -2.44. The van der Waals surface area contributed by atoms with Crippen molar-refractivity contribution in [3.63, 3.8) is 0 Å². The maximum atomic E-state index is 13.1. The van der Waals surface area contributed by atoms with Gasteiger partial charge in [-0.1, -0.05) is 18.2 Å². The number of pyridine rings is 1. The summed E-state index contributed by atoms with van der Waals surface area (Å²) in [7, 11) is 0. The van der Waals surface area contributed by atoms with Crippen LogP contribution >= 0.6 is 0 Å². The van der Waals surface area contributed by atoms with Crippen LogP contribution in [0.2, 0.25) is 0 Å². The number of amides is 1. The summed E-state index contributed by atoms with van der Waals surface area (Å²) in [5.41, 5.74) is 1.91. The second-order valence-corrected chi connectivity index (χ2v) is 7.41. The number of para-hydroxylation sites is 1. The number of benzene rings is 1. The SMILES string of the molecule is CCOc1ccccc1C(NCCC1CCNCC1)C(=O)NCc1ccncc1. The normalized spacial score (nSPS) is 15.6. The third-order valence-electron chi connectivity index (χ3n) is 5.37. The molecule has 1 saturated heterocycles. The summed E-state index contributed by atoms with van der Waals surface area (Å²) < 4.78 is 5.79. The zero-order chi connectivity index (χ0) is 20.3. The molecule has 6 nitrogen and oxygen atoms in total. The van der Waals surface area contributed by atoms with Crippen molar-refractivity contribution in [2.75, 3.05) is 26.2 Å². The van der Waals surface area contributed by atoms with Gasteiger partial charge in [-0.25, -0.2) is 0 Å². The van der Waals surface area contributed by atoms with Crippen LogP contribution in [0, 0.1) is 5.92 Å². The topological polar surface area (TPSA) is 75.3 Å². The van der Waals surface area contributed by atoms with E-state index in [9.17, 15) is 4.79 Å². The van der Waals surface area contributed by atoms with Crippen molar-refractivity contribution in [3.8, 4) is 5.75 Å². The van der Waals surface area contributed by atoms with Gasteiger partial charge in [-0.05, 0) is 75.5 Å². The minimum atomic E-state index is -0.443. The molecule has 1 unspecified atom stereocenters. The third-order valence-corrected chi connectivity index (χ3v) is 5.37. The van der Waals surface area contributed by atoms with Gasteiger partial charge in [0.15, 0.2) is 0 Å². The van der Waals surface area contributed by atoms with E-state index >= 15 is 0 Å². The molecule has 0 spiro atoms. The highest BCUT2D eigenvalue weighted by Crippen LogP contribution is 2.26. The number of carbonyl (C=O) groups excluding carboxylic acids is 1. The molecule has 3 rings (SSSR count). The lowest BCUT2D eigenvalue weighted by Crippen LogP contribution is -2.39. The monoisotopic (exact) mass is 396 g/mol. The Balaban J connectivity index is 1.67. The molecule has 0 radical (unpaired) electrons. The third kappa shape index (κ3) is 6.54. The molecule has 0 bridgehead atoms. The maximum Gasteiger partial charge on any atom is 0.242 e. The molecular formula is C23H32N4O2. The van der Waals surface area contributed by atoms with Crippen LogP contribution < -0.4 is 20.7 Å². The minimum Gasteiger partial charge on any atom is -0.494 e. The molecule has 1 aliphatic heterocycles. The fraction of sp³-hybridized carbons (Fsp3) is 0.478. The second-order valence-electron chi connectivity index (χ2n) is 7.41. The second kappa shape index (κ2) is 11.5. The van der Waals surface area contributed by atoms with Crippen molar-refractivity contribution in [3.05, 3.63) is 59.9 Å². The molecule has 2 aromatic rings. The van der Waals surface area contributed by atoms with Crippen molar-refractivity contribution >= 4 is 5.91 Å². The van der Waals surface area contributed by atoms with Crippen LogP contribution in [0.4, 0.5) is 0 Å². The van der Waals surface area contributed by atoms with E-state index in [1.165, 1.54) is 12.8 Å². The highest BCUT2D eigenvalue weighted by atomic mass is 16.5. The van der Waals surface area contributed by atoms with Gasteiger partial charge in [-0.15, -0.1) is 0 Å². The highest BCUT2D eigenvalue weighted by molar-refractivity contribution is 5.84. The summed E-state index contributed by atoms with van der Waals surface area (Å²) in [5.74, 6) is 1.43. The molecule has 0 saturated carbocycles. The van der Waals surface area contributed by atoms with E-state index in [4.69, 9.17) is 4.74 Å². The van der Waals surface area contributed by atoms with Crippen LogP contribution in [0.3, 0.4) is 0 Å². The summed E-state index contributed by atoms with van der Waals surface area (Å²) >= 11 is 0. The molecule has 1 aromatic carbocycles. The minimum absolute atomic E-state index is 0.0423. The summed E-state index contributed by atoms with van der Waals surface area (Å²) in [4.78, 5) is 17.1. The van der Waals surface area contributed by atoms with Gasteiger partial charge in [0, 0.05) is 24.5 Å². The first-order chi connectivity index (χ1) is 14.3. The van der Waals surface area contributed by atoms with Gasteiger partial charge in [0.25, 0.3) is 0 Å². The molecule has 156 valence electrons. The predicted molar refractivity (Wildman–Crippen MR) is 115 cm³/mol. The van der Waals surface area contributed by atoms with Gasteiger partial charge in [0.2, 0.25) is 5.91 Å². The number of nitrogens with one attached hydrogen (secondary N) is 3. The lowest BCUT2D eigenvalue weighted by molar-refractivity contribution is -0.123. The van der Waals surface area contributed by atoms with Gasteiger partial charge in [0.05, 0.1) is 6.61 Å². The van der Waals surface area contributed by atoms with Gasteiger partial charge in [-0.2, -0.15) is 0 Å². The van der Waals surface area contributed by atoms with E-state index < -0.39 is 6.04 Å². The molecule has 6 heteroatoms. The lowest BCUT2D eigenvalue weighted by atomic mass is 9.94. The van der Waals surface area contributed by atoms with Crippen LogP contribution in [-0.2, 0) is 11.3 Å². The largest absolute Gasteiger partial charge is 0.494 e. The van der Waals surface area contributed by atoms with Crippen molar-refractivity contribution in [1.82, 2.24) is 20.9 Å². The molecule has 1 atom stereocenters. The number of rotatable bonds is 10. The Kier molecular flexibility index (Phi) is 8.46. The van der Waals surface area contributed by atoms with Crippen LogP contribution in [0.5, 0.6) is 5.75 Å². The first-order valence-corrected chi connectivity index (χ1v) is 10.6. The van der Waals surface area contributed by atoms with Gasteiger partial charge in [-0.3, -0.25) is 9.78 Å². The average molecular weight is 397 g/mol. The van der Waals surface area contributed by atoms with E-state index in [1.54, 1.807) is 12.4 Å². The molecular weight excluding hydrogens is 364 g/mol. The fourth-order valence-electron chi connectivity index (χ4n) is 3.74. The number of ether oxygens (including phenoxy) is 1. The zero-order valence-corrected chi connectivity index (χ0v) is 17.2. The van der Waals surface area contributed by atoms with Crippen molar-refractivity contribution in [2.24, 2.45) is 5.92 Å². The molecule has 3 N–H and O–H groups in total. The van der Waals surface area contributed by atoms with E-state index in [0.717, 1.165) is 42.9 Å². The van der Waals surface area contributed by atoms with Crippen molar-refractivity contribution < 1.29 is 9.53 Å². The average Bonchev–Trinajstić information content (AvgIpc) is 2.77. The van der Waals surface area contributed by atoms with E-state index in [2.05, 4.69) is 20.9 Å². The molecule has 1 aliphatic rings. The van der Waals surface area contributed by atoms with Crippen LogP contribution in [0.1, 0.15) is 43.4 Å². The van der Waals surface area contributed by atoms with E-state index in [0.29, 0.717) is 19.1 Å². The fourth-order valence-corrected chi connectivity index (χ4v) is 3.74. The van der Waals surface area contributed by atoms with Gasteiger partial charge >= 0.3 is 0 Å². The number of aromatic nitrogens is 1. The molecule has 29 heavy (non-hydrogen) atoms. The summed E-state index contributed by atoms with van der Waals surface area (Å²) in [5, 5.41) is 9.96. The Labute approximate surface area is 173 Å². The number of piperidine rings is 1. The molecule has 2 heterocycles. The maximum absolute atomic E-state index is 13.1. The Bertz CT molecular complexity index is 748. The van der Waals surface area contributed by atoms with Crippen molar-refractivity contribution in [2.45, 2.75) is 38.8 Å². The molecule has 0 aliphatic carbocycles. The standard InChI is InChI=1S/C23H32N4O2/c1-2-29-21-6-4-3-5-20(21)22(26-16-11-18-7-12-24-13-8-18)23(28)27-17-19-9-14-25-15-10-19/h3-6,9-10,14-15,18,22,24,26H,2,7-8,11-13,16-17H2,1H3,(H,27,28). The van der Waals surface area contributed by atoms with Crippen LogP contribution in [-0.4, -0.2) is 37.1 Å². The number of hydrogen-bond acceptors (Lipinski definition) is 5. The number of nitrogens with zero attached hydrogens (tertiary/aromatic N) is 1. The summed E-state index contributed by atoms with van der Waals surface area (Å²) in [6.07, 6.45) is 6.96. The number of carbonyl (C=O) groups is 1. The quantitative estimate of drug-likeness (QED) is 0.576. The smallest absolute Gasteiger partial charge is 0.242 e. The summed E-state index contributed by atoms with van der Waals surface area (Å²) in [6.45, 7) is 5.99. The lowest BCUT2D eigenvalue weighted by Gasteiger charge is -2.25. The van der Waals surface area contributed by atoms with Crippen LogP contribution in [0.25, 0.3) is 0 Å². The van der Waals surface area contributed by atoms with Gasteiger partial charge in [0.1, 0.15) is 11.8 Å². The molecule has 1 fully saturated rings. The molecule has 1 aromatic heterocycles. The van der Waals surface area contributed by atoms with Crippen LogP contribution in [0.15, 0.2) is 48.8 Å². The Morgan fingerprint density at radius 2 is 1.97 bits per heavy atom. The predicted octanol–water partition coefficient (Wildman–Crippen LogP) is 2.82. The van der Waals surface area contributed by atoms with E-state index in [1.807, 2.05) is 43.3 Å². The molecule has 1 amide bonds. The first-order valence-electron chi connectivity index (χ1n) is 10.6. The summed E-state index contributed by atoms with van der Waals surface area (Å²) in [6, 6.07) is 11.2. The van der Waals surface area contributed by atoms with Gasteiger partial charge < -0.3 is 20.7 Å². The van der Waals surface area contributed by atoms with Crippen molar-refractivity contribution in [1.29, 1.82) is 0 Å². The Morgan fingerprint density at radius 3 is 2.72 bits per heavy atom.